The molecule has 3 N–H and O–H groups in total. The van der Waals surface area contributed by atoms with Gasteiger partial charge in [0.25, 0.3) is 0 Å². The van der Waals surface area contributed by atoms with Crippen LogP contribution >= 0.6 is 22.7 Å². The Hall–Kier alpha value is -3.41. The van der Waals surface area contributed by atoms with Crippen molar-refractivity contribution in [1.29, 1.82) is 0 Å². The zero-order chi connectivity index (χ0) is 24.4. The second kappa shape index (κ2) is 9.68. The van der Waals surface area contributed by atoms with Gasteiger partial charge in [-0.15, -0.1) is 11.3 Å². The van der Waals surface area contributed by atoms with E-state index in [0.29, 0.717) is 18.1 Å². The summed E-state index contributed by atoms with van der Waals surface area (Å²) in [4.78, 5) is 19.0. The van der Waals surface area contributed by atoms with Crippen LogP contribution in [-0.2, 0) is 12.6 Å². The molecule has 0 aliphatic carbocycles. The Morgan fingerprint density at radius 3 is 2.51 bits per heavy atom. The third-order valence-electron chi connectivity index (χ3n) is 5.21. The molecule has 0 aliphatic rings. The van der Waals surface area contributed by atoms with Gasteiger partial charge in [-0.2, -0.15) is 13.2 Å². The summed E-state index contributed by atoms with van der Waals surface area (Å²) in [5.41, 5.74) is 8.65. The van der Waals surface area contributed by atoms with Crippen LogP contribution in [0.1, 0.15) is 11.1 Å². The van der Waals surface area contributed by atoms with E-state index < -0.39 is 11.7 Å². The normalized spacial score (nSPS) is 12.7. The van der Waals surface area contributed by atoms with Gasteiger partial charge in [-0.05, 0) is 42.3 Å². The summed E-state index contributed by atoms with van der Waals surface area (Å²) in [6.07, 6.45) is 1.30. The molecule has 1 atom stereocenters. The van der Waals surface area contributed by atoms with Crippen molar-refractivity contribution in [3.63, 3.8) is 0 Å². The molecule has 4 heterocycles. The molecule has 1 aromatic carbocycles. The van der Waals surface area contributed by atoms with Crippen LogP contribution in [0.5, 0.6) is 0 Å². The van der Waals surface area contributed by atoms with E-state index in [0.717, 1.165) is 49.2 Å². The van der Waals surface area contributed by atoms with Gasteiger partial charge in [-0.25, -0.2) is 9.97 Å². The topological polar surface area (TPSA) is 89.6 Å². The molecule has 0 spiro atoms. The molecule has 5 aromatic rings. The van der Waals surface area contributed by atoms with Gasteiger partial charge in [0.15, 0.2) is 5.13 Å². The number of nitrogens with zero attached hydrogens (tertiary/aromatic N) is 4. The lowest BCUT2D eigenvalue weighted by Crippen LogP contribution is -2.31. The predicted octanol–water partition coefficient (Wildman–Crippen LogP) is 5.88. The van der Waals surface area contributed by atoms with E-state index in [-0.39, 0.29) is 6.04 Å². The predicted molar refractivity (Wildman–Crippen MR) is 133 cm³/mol. The third-order valence-corrected chi connectivity index (χ3v) is 7.39. The minimum absolute atomic E-state index is 0.314. The zero-order valence-electron chi connectivity index (χ0n) is 18.2. The van der Waals surface area contributed by atoms with Crippen LogP contribution in [0.15, 0.2) is 67.1 Å². The van der Waals surface area contributed by atoms with E-state index in [2.05, 4.69) is 15.3 Å². The van der Waals surface area contributed by atoms with E-state index in [1.54, 1.807) is 18.6 Å². The van der Waals surface area contributed by atoms with Crippen molar-refractivity contribution >= 4 is 38.0 Å². The highest BCUT2D eigenvalue weighted by atomic mass is 32.1. The number of fused-ring (bicyclic) bond motifs is 1. The van der Waals surface area contributed by atoms with Crippen molar-refractivity contribution < 1.29 is 13.2 Å². The molecule has 5 rings (SSSR count). The first-order chi connectivity index (χ1) is 16.9. The summed E-state index contributed by atoms with van der Waals surface area (Å²) in [6, 6.07) is 12.3. The van der Waals surface area contributed by atoms with Crippen molar-refractivity contribution in [2.45, 2.75) is 18.6 Å². The smallest absolute Gasteiger partial charge is 0.360 e. The molecule has 0 saturated heterocycles. The molecule has 6 nitrogen and oxygen atoms in total. The van der Waals surface area contributed by atoms with Gasteiger partial charge < -0.3 is 11.1 Å². The average Bonchev–Trinajstić information content (AvgIpc) is 3.47. The molecule has 0 bridgehead atoms. The minimum atomic E-state index is -4.35. The summed E-state index contributed by atoms with van der Waals surface area (Å²) in [6.45, 7) is 0.402. The summed E-state index contributed by atoms with van der Waals surface area (Å²) in [7, 11) is 0. The summed E-state index contributed by atoms with van der Waals surface area (Å²) in [5, 5.41) is 4.77. The largest absolute Gasteiger partial charge is 0.416 e. The fourth-order valence-electron chi connectivity index (χ4n) is 3.52. The van der Waals surface area contributed by atoms with Gasteiger partial charge >= 0.3 is 6.18 Å². The van der Waals surface area contributed by atoms with Crippen LogP contribution in [-0.4, -0.2) is 32.5 Å². The monoisotopic (exact) mass is 512 g/mol. The molecule has 0 aliphatic heterocycles. The van der Waals surface area contributed by atoms with Gasteiger partial charge in [0.1, 0.15) is 10.7 Å². The maximum atomic E-state index is 12.8. The highest BCUT2D eigenvalue weighted by molar-refractivity contribution is 7.27. The van der Waals surface area contributed by atoms with Gasteiger partial charge in [-0.1, -0.05) is 29.5 Å². The van der Waals surface area contributed by atoms with Gasteiger partial charge in [0.2, 0.25) is 0 Å². The first-order valence-corrected chi connectivity index (χ1v) is 12.3. The van der Waals surface area contributed by atoms with Crippen LogP contribution in [0.25, 0.3) is 31.5 Å². The Bertz CT molecular complexity index is 1400. The zero-order valence-corrected chi connectivity index (χ0v) is 19.8. The van der Waals surface area contributed by atoms with E-state index in [1.807, 2.05) is 24.3 Å². The van der Waals surface area contributed by atoms with Crippen LogP contribution < -0.4 is 11.1 Å². The molecule has 11 heteroatoms. The Morgan fingerprint density at radius 2 is 1.80 bits per heavy atom. The fraction of sp³-hybridized carbons (Fsp3) is 0.167. The summed E-state index contributed by atoms with van der Waals surface area (Å²) in [5.74, 6) is 0. The minimum Gasteiger partial charge on any atom is -0.360 e. The number of pyridine rings is 2. The molecule has 0 saturated carbocycles. The van der Waals surface area contributed by atoms with E-state index in [1.165, 1.54) is 34.8 Å². The Balaban J connectivity index is 1.34. The van der Waals surface area contributed by atoms with Crippen LogP contribution in [0.4, 0.5) is 18.3 Å². The molecular formula is C24H19F3N6S2. The van der Waals surface area contributed by atoms with Crippen molar-refractivity contribution in [3.05, 3.63) is 78.2 Å². The number of thiazole rings is 2. The summed E-state index contributed by atoms with van der Waals surface area (Å²) >= 11 is 3.00. The molecular weight excluding hydrogens is 493 g/mol. The number of aromatic nitrogens is 4. The lowest BCUT2D eigenvalue weighted by Gasteiger charge is -2.13. The fourth-order valence-corrected chi connectivity index (χ4v) is 5.51. The molecule has 4 aromatic heterocycles. The van der Waals surface area contributed by atoms with Gasteiger partial charge in [0.05, 0.1) is 26.4 Å². The van der Waals surface area contributed by atoms with Crippen molar-refractivity contribution in [3.8, 4) is 21.3 Å². The molecule has 35 heavy (non-hydrogen) atoms. The number of nitrogens with one attached hydrogen (secondary N) is 1. The maximum absolute atomic E-state index is 12.8. The second-order valence-electron chi connectivity index (χ2n) is 7.81. The number of nitrogens with two attached hydrogens (primary N) is 1. The van der Waals surface area contributed by atoms with E-state index in [4.69, 9.17) is 15.7 Å². The van der Waals surface area contributed by atoms with Crippen molar-refractivity contribution in [2.24, 2.45) is 5.73 Å². The Kier molecular flexibility index (Phi) is 6.46. The highest BCUT2D eigenvalue weighted by Gasteiger charge is 2.30. The molecule has 0 fully saturated rings. The van der Waals surface area contributed by atoms with Gasteiger partial charge in [-0.3, -0.25) is 9.97 Å². The van der Waals surface area contributed by atoms with Crippen LogP contribution in [0.3, 0.4) is 0 Å². The number of rotatable bonds is 7. The van der Waals surface area contributed by atoms with E-state index >= 15 is 0 Å². The SMILES string of the molecule is NC(CNc1nc(-c2ccccn2)c(-c2nc3ccncc3s2)s1)Cc1ccc(C(F)(F)F)cc1. The van der Waals surface area contributed by atoms with Crippen LogP contribution in [0.2, 0.25) is 0 Å². The molecule has 1 unspecified atom stereocenters. The number of alkyl halides is 3. The Labute approximate surface area is 206 Å². The first-order valence-electron chi connectivity index (χ1n) is 10.7. The lowest BCUT2D eigenvalue weighted by molar-refractivity contribution is -0.137. The maximum Gasteiger partial charge on any atom is 0.416 e. The number of hydrogen-bond donors (Lipinski definition) is 2. The van der Waals surface area contributed by atoms with E-state index in [9.17, 15) is 13.2 Å². The number of benzene rings is 1. The average molecular weight is 513 g/mol. The quantitative estimate of drug-likeness (QED) is 0.283. The molecule has 0 radical (unpaired) electrons. The third kappa shape index (κ3) is 5.31. The van der Waals surface area contributed by atoms with Crippen molar-refractivity contribution in [2.75, 3.05) is 11.9 Å². The number of halogens is 3. The molecule has 0 amide bonds. The molecule has 178 valence electrons. The van der Waals surface area contributed by atoms with Crippen molar-refractivity contribution in [1.82, 2.24) is 19.9 Å². The van der Waals surface area contributed by atoms with Gasteiger partial charge in [0, 0.05) is 31.2 Å². The lowest BCUT2D eigenvalue weighted by atomic mass is 10.0. The van der Waals surface area contributed by atoms with Crippen LogP contribution in [0, 0.1) is 0 Å². The first kappa shape index (κ1) is 23.3. The number of anilines is 1. The highest BCUT2D eigenvalue weighted by Crippen LogP contribution is 2.41. The number of hydrogen-bond acceptors (Lipinski definition) is 8. The standard InChI is InChI=1S/C24H19F3N6S2/c25-24(26,27)15-6-4-14(5-7-15)11-16(28)12-31-23-33-20(18-3-1-2-9-30-18)21(35-23)22-32-17-8-10-29-13-19(17)34-22/h1-10,13,16H,11-12,28H2,(H,31,33). The summed E-state index contributed by atoms with van der Waals surface area (Å²) < 4.78 is 39.3. The second-order valence-corrected chi connectivity index (χ2v) is 9.84. The Morgan fingerprint density at radius 1 is 0.971 bits per heavy atom.